The van der Waals surface area contributed by atoms with Gasteiger partial charge in [0.25, 0.3) is 0 Å². The third kappa shape index (κ3) is 3.01. The molecule has 1 unspecified atom stereocenters. The van der Waals surface area contributed by atoms with E-state index in [0.29, 0.717) is 5.92 Å². The van der Waals surface area contributed by atoms with Gasteiger partial charge in [0.05, 0.1) is 0 Å². The van der Waals surface area contributed by atoms with E-state index in [-0.39, 0.29) is 4.75 Å². The minimum atomic E-state index is 0.210. The third-order valence-electron chi connectivity index (χ3n) is 3.27. The van der Waals surface area contributed by atoms with E-state index in [0.717, 1.165) is 25.3 Å². The van der Waals surface area contributed by atoms with Crippen molar-refractivity contribution in [2.75, 3.05) is 12.3 Å². The first kappa shape index (κ1) is 12.9. The molecule has 0 aromatic carbocycles. The molecule has 2 rings (SSSR count). The van der Waals surface area contributed by atoms with Gasteiger partial charge in [-0.2, -0.15) is 16.9 Å². The molecule has 1 fully saturated rings. The first-order valence-electron chi connectivity index (χ1n) is 6.36. The fourth-order valence-corrected chi connectivity index (χ4v) is 3.70. The van der Waals surface area contributed by atoms with Gasteiger partial charge in [0.1, 0.15) is 12.2 Å². The third-order valence-corrected chi connectivity index (χ3v) is 4.89. The minimum absolute atomic E-state index is 0.210. The highest BCUT2D eigenvalue weighted by molar-refractivity contribution is 8.00. The molecule has 0 amide bonds. The molecule has 0 saturated carbocycles. The van der Waals surface area contributed by atoms with E-state index >= 15 is 0 Å². The lowest BCUT2D eigenvalue weighted by molar-refractivity contribution is 0.448. The molecule has 0 radical (unpaired) electrons. The summed E-state index contributed by atoms with van der Waals surface area (Å²) in [7, 11) is 0. The van der Waals surface area contributed by atoms with Crippen molar-refractivity contribution in [2.24, 2.45) is 11.7 Å². The van der Waals surface area contributed by atoms with Crippen LogP contribution in [0.2, 0.25) is 0 Å². The van der Waals surface area contributed by atoms with Gasteiger partial charge in [-0.3, -0.25) is 0 Å². The van der Waals surface area contributed by atoms with E-state index < -0.39 is 0 Å². The van der Waals surface area contributed by atoms with Crippen LogP contribution in [0, 0.1) is 5.92 Å². The monoisotopic (exact) mass is 254 g/mol. The summed E-state index contributed by atoms with van der Waals surface area (Å²) in [5.74, 6) is 2.93. The Labute approximate surface area is 107 Å². The fourth-order valence-electron chi connectivity index (χ4n) is 2.34. The van der Waals surface area contributed by atoms with Crippen LogP contribution in [-0.2, 0) is 13.0 Å². The van der Waals surface area contributed by atoms with Gasteiger partial charge >= 0.3 is 0 Å². The van der Waals surface area contributed by atoms with E-state index in [1.54, 1.807) is 6.33 Å². The summed E-state index contributed by atoms with van der Waals surface area (Å²) in [6.07, 6.45) is 5.12. The van der Waals surface area contributed by atoms with Crippen molar-refractivity contribution in [3.63, 3.8) is 0 Å². The molecule has 0 aliphatic carbocycles. The molecule has 96 valence electrons. The van der Waals surface area contributed by atoms with Crippen molar-refractivity contribution in [3.8, 4) is 0 Å². The van der Waals surface area contributed by atoms with Crippen molar-refractivity contribution in [1.29, 1.82) is 0 Å². The molecule has 1 aromatic rings. The maximum absolute atomic E-state index is 5.96. The second-order valence-electron chi connectivity index (χ2n) is 5.27. The Balaban J connectivity index is 2.09. The van der Waals surface area contributed by atoms with Crippen LogP contribution >= 0.6 is 11.8 Å². The number of hydrogen-bond acceptors (Lipinski definition) is 4. The molecular formula is C12H22N4S. The van der Waals surface area contributed by atoms with Gasteiger partial charge in [-0.1, -0.05) is 13.8 Å². The van der Waals surface area contributed by atoms with Crippen LogP contribution in [-0.4, -0.2) is 31.8 Å². The molecule has 1 aliphatic rings. The Morgan fingerprint density at radius 2 is 2.41 bits per heavy atom. The van der Waals surface area contributed by atoms with E-state index in [1.807, 2.05) is 16.4 Å². The Morgan fingerprint density at radius 3 is 3.00 bits per heavy atom. The van der Waals surface area contributed by atoms with Crippen LogP contribution in [0.5, 0.6) is 0 Å². The van der Waals surface area contributed by atoms with Gasteiger partial charge in [0, 0.05) is 24.3 Å². The van der Waals surface area contributed by atoms with Crippen molar-refractivity contribution < 1.29 is 0 Å². The summed E-state index contributed by atoms with van der Waals surface area (Å²) in [5.41, 5.74) is 5.96. The van der Waals surface area contributed by atoms with E-state index in [4.69, 9.17) is 5.73 Å². The largest absolute Gasteiger partial charge is 0.329 e. The molecule has 2 N–H and O–H groups in total. The molecule has 1 atom stereocenters. The predicted octanol–water partition coefficient (Wildman–Crippen LogP) is 1.70. The van der Waals surface area contributed by atoms with E-state index in [9.17, 15) is 0 Å². The zero-order valence-corrected chi connectivity index (χ0v) is 11.5. The van der Waals surface area contributed by atoms with Crippen molar-refractivity contribution in [2.45, 2.75) is 44.4 Å². The molecule has 1 saturated heterocycles. The number of thioether (sulfide) groups is 1. The van der Waals surface area contributed by atoms with Crippen LogP contribution in [0.3, 0.4) is 0 Å². The second kappa shape index (κ2) is 5.40. The molecule has 17 heavy (non-hydrogen) atoms. The molecule has 1 aromatic heterocycles. The fraction of sp³-hybridized carbons (Fsp3) is 0.833. The Hall–Kier alpha value is -0.550. The number of hydrogen-bond donors (Lipinski definition) is 1. The molecule has 1 aliphatic heterocycles. The number of nitrogens with two attached hydrogens (primary N) is 1. The molecule has 0 bridgehead atoms. The van der Waals surface area contributed by atoms with Gasteiger partial charge in [-0.15, -0.1) is 0 Å². The summed E-state index contributed by atoms with van der Waals surface area (Å²) in [4.78, 5) is 4.41. The van der Waals surface area contributed by atoms with Crippen LogP contribution in [0.25, 0.3) is 0 Å². The summed E-state index contributed by atoms with van der Waals surface area (Å²) in [6, 6.07) is 0. The number of rotatable bonds is 5. The molecule has 0 spiro atoms. The summed E-state index contributed by atoms with van der Waals surface area (Å²) < 4.78 is 2.25. The normalized spacial score (nSPS) is 24.7. The van der Waals surface area contributed by atoms with Crippen LogP contribution in [0.15, 0.2) is 6.33 Å². The zero-order chi connectivity index (χ0) is 12.3. The van der Waals surface area contributed by atoms with Crippen LogP contribution in [0.4, 0.5) is 0 Å². The lowest BCUT2D eigenvalue weighted by Crippen LogP contribution is -2.35. The molecule has 4 nitrogen and oxygen atoms in total. The first-order valence-corrected chi connectivity index (χ1v) is 7.34. The predicted molar refractivity (Wildman–Crippen MR) is 72.0 cm³/mol. The smallest absolute Gasteiger partial charge is 0.138 e. The lowest BCUT2D eigenvalue weighted by Gasteiger charge is -2.25. The van der Waals surface area contributed by atoms with Crippen molar-refractivity contribution in [3.05, 3.63) is 12.2 Å². The summed E-state index contributed by atoms with van der Waals surface area (Å²) in [6.45, 7) is 6.09. The van der Waals surface area contributed by atoms with Gasteiger partial charge in [-0.25, -0.2) is 9.67 Å². The summed E-state index contributed by atoms with van der Waals surface area (Å²) >= 11 is 2.01. The topological polar surface area (TPSA) is 56.7 Å². The van der Waals surface area contributed by atoms with E-state index in [1.165, 1.54) is 18.6 Å². The SMILES string of the molecule is CC(C)Cn1ncnc1CC1(CN)CCCS1. The van der Waals surface area contributed by atoms with Crippen LogP contribution < -0.4 is 5.73 Å². The molecule has 5 heteroatoms. The second-order valence-corrected chi connectivity index (χ2v) is 6.83. The average molecular weight is 254 g/mol. The van der Waals surface area contributed by atoms with E-state index in [2.05, 4.69) is 23.9 Å². The highest BCUT2D eigenvalue weighted by Gasteiger charge is 2.34. The van der Waals surface area contributed by atoms with Crippen molar-refractivity contribution in [1.82, 2.24) is 14.8 Å². The number of aromatic nitrogens is 3. The van der Waals surface area contributed by atoms with Gasteiger partial charge < -0.3 is 5.73 Å². The maximum Gasteiger partial charge on any atom is 0.138 e. The quantitative estimate of drug-likeness (QED) is 0.869. The summed E-state index contributed by atoms with van der Waals surface area (Å²) in [5, 5.41) is 4.32. The Bertz CT molecular complexity index is 355. The van der Waals surface area contributed by atoms with Crippen molar-refractivity contribution >= 4 is 11.8 Å². The maximum atomic E-state index is 5.96. The zero-order valence-electron chi connectivity index (χ0n) is 10.7. The first-order chi connectivity index (χ1) is 8.15. The highest BCUT2D eigenvalue weighted by atomic mass is 32.2. The minimum Gasteiger partial charge on any atom is -0.329 e. The number of nitrogens with zero attached hydrogens (tertiary/aromatic N) is 3. The van der Waals surface area contributed by atoms with Gasteiger partial charge in [0.2, 0.25) is 0 Å². The van der Waals surface area contributed by atoms with Gasteiger partial charge in [0.15, 0.2) is 0 Å². The molecule has 2 heterocycles. The molecular weight excluding hydrogens is 232 g/mol. The lowest BCUT2D eigenvalue weighted by atomic mass is 9.99. The standard InChI is InChI=1S/C12H22N4S/c1-10(2)7-16-11(14-9-15-16)6-12(8-13)4-3-5-17-12/h9-10H,3-8,13H2,1-2H3. The van der Waals surface area contributed by atoms with Crippen LogP contribution in [0.1, 0.15) is 32.5 Å². The Morgan fingerprint density at radius 1 is 1.59 bits per heavy atom. The Kier molecular flexibility index (Phi) is 4.09. The average Bonchev–Trinajstić information content (AvgIpc) is 2.90. The highest BCUT2D eigenvalue weighted by Crippen LogP contribution is 2.39. The van der Waals surface area contributed by atoms with Gasteiger partial charge in [-0.05, 0) is 24.5 Å².